The van der Waals surface area contributed by atoms with Gasteiger partial charge in [-0.3, -0.25) is 5.41 Å². The van der Waals surface area contributed by atoms with Crippen molar-refractivity contribution in [3.63, 3.8) is 0 Å². The van der Waals surface area contributed by atoms with Crippen molar-refractivity contribution in [2.75, 3.05) is 27.5 Å². The van der Waals surface area contributed by atoms with Crippen LogP contribution in [0.1, 0.15) is 11.1 Å². The van der Waals surface area contributed by atoms with Crippen molar-refractivity contribution in [3.8, 4) is 0 Å². The third-order valence-electron chi connectivity index (χ3n) is 4.51. The van der Waals surface area contributed by atoms with Crippen LogP contribution in [0.2, 0.25) is 0 Å². The van der Waals surface area contributed by atoms with Crippen molar-refractivity contribution in [3.05, 3.63) is 71.7 Å². The molecule has 3 aromatic rings. The molecule has 0 aliphatic carbocycles. The van der Waals surface area contributed by atoms with Crippen molar-refractivity contribution < 1.29 is 26.8 Å². The first kappa shape index (κ1) is 20.3. The maximum absolute atomic E-state index is 13.5. The van der Waals surface area contributed by atoms with E-state index < -0.39 is 23.6 Å². The van der Waals surface area contributed by atoms with Crippen LogP contribution in [0.5, 0.6) is 0 Å². The van der Waals surface area contributed by atoms with Crippen molar-refractivity contribution in [1.29, 1.82) is 5.41 Å². The lowest BCUT2D eigenvalue weighted by Crippen LogP contribution is -2.39. The predicted molar refractivity (Wildman–Crippen MR) is 107 cm³/mol. The zero-order chi connectivity index (χ0) is 22.2. The Hall–Kier alpha value is -4.02. The van der Waals surface area contributed by atoms with Crippen molar-refractivity contribution in [2.45, 2.75) is 6.18 Å². The summed E-state index contributed by atoms with van der Waals surface area (Å²) in [6, 6.07) is 9.10. The van der Waals surface area contributed by atoms with Gasteiger partial charge in [-0.2, -0.15) is 13.2 Å². The van der Waals surface area contributed by atoms with Gasteiger partial charge in [0.15, 0.2) is 0 Å². The molecule has 0 fully saturated rings. The van der Waals surface area contributed by atoms with E-state index in [1.165, 1.54) is 6.26 Å². The minimum atomic E-state index is -4.74. The van der Waals surface area contributed by atoms with Gasteiger partial charge >= 0.3 is 12.2 Å². The van der Waals surface area contributed by atoms with Gasteiger partial charge in [0.2, 0.25) is 5.88 Å². The quantitative estimate of drug-likeness (QED) is 0.422. The van der Waals surface area contributed by atoms with E-state index in [1.54, 1.807) is 35.2 Å². The number of hydrogen-bond donors (Lipinski definition) is 4. The molecule has 0 atom stereocenters. The molecule has 0 saturated heterocycles. The molecule has 31 heavy (non-hydrogen) atoms. The molecule has 1 aliphatic heterocycles. The average molecular weight is 433 g/mol. The molecule has 0 bridgehead atoms. The molecule has 0 radical (unpaired) electrons. The lowest BCUT2D eigenvalue weighted by molar-refractivity contribution is -0.137. The van der Waals surface area contributed by atoms with Gasteiger partial charge in [-0.05, 0) is 48.5 Å². The normalized spacial score (nSPS) is 13.4. The summed E-state index contributed by atoms with van der Waals surface area (Å²) in [6.07, 6.45) is -3.25. The number of alkyl halides is 3. The molecule has 2 aromatic carbocycles. The summed E-state index contributed by atoms with van der Waals surface area (Å²) in [5.74, 6) is -0.359. The van der Waals surface area contributed by atoms with Gasteiger partial charge in [0.1, 0.15) is 11.7 Å². The van der Waals surface area contributed by atoms with E-state index in [0.717, 1.165) is 6.07 Å². The lowest BCUT2D eigenvalue weighted by Gasteiger charge is -2.29. The van der Waals surface area contributed by atoms with Crippen molar-refractivity contribution in [2.24, 2.45) is 0 Å². The topological polar surface area (TPSA) is 93.4 Å². The zero-order valence-corrected chi connectivity index (χ0v) is 15.7. The summed E-state index contributed by atoms with van der Waals surface area (Å²) >= 11 is 0. The summed E-state index contributed by atoms with van der Waals surface area (Å²) in [4.78, 5) is 13.8. The summed E-state index contributed by atoms with van der Waals surface area (Å²) in [7, 11) is 0. The molecule has 11 heteroatoms. The maximum Gasteiger partial charge on any atom is 0.416 e. The average Bonchev–Trinajstić information content (AvgIpc) is 3.18. The number of carbonyl (C=O) groups is 1. The molecule has 4 N–H and O–H groups in total. The standard InChI is InChI=1S/C20H15F4N5O2/c21-12-7-11(20(22,23)24)8-14(9-12)28-19(30)27-13-1-3-15(4-2-13)29-10-26-18-16(17(29)25)5-6-31-18/h1-9,25-26H,10H2,(H2,27,28,30). The fraction of sp³-hybridized carbons (Fsp3) is 0.100. The smallest absolute Gasteiger partial charge is 0.416 e. The van der Waals surface area contributed by atoms with Crippen LogP contribution in [-0.4, -0.2) is 18.5 Å². The Balaban J connectivity index is 1.42. The fourth-order valence-corrected chi connectivity index (χ4v) is 3.07. The molecule has 0 spiro atoms. The number of amides is 2. The van der Waals surface area contributed by atoms with Gasteiger partial charge < -0.3 is 25.3 Å². The Morgan fingerprint density at radius 1 is 1.06 bits per heavy atom. The highest BCUT2D eigenvalue weighted by atomic mass is 19.4. The van der Waals surface area contributed by atoms with E-state index in [9.17, 15) is 22.4 Å². The largest absolute Gasteiger partial charge is 0.448 e. The van der Waals surface area contributed by atoms with E-state index in [2.05, 4.69) is 16.0 Å². The second-order valence-corrected chi connectivity index (χ2v) is 6.63. The number of nitrogens with one attached hydrogen (secondary N) is 4. The number of fused-ring (bicyclic) bond motifs is 1. The van der Waals surface area contributed by atoms with Crippen LogP contribution in [0.25, 0.3) is 0 Å². The molecule has 160 valence electrons. The number of furan rings is 1. The molecule has 7 nitrogen and oxygen atoms in total. The van der Waals surface area contributed by atoms with Crippen LogP contribution in [-0.2, 0) is 6.18 Å². The zero-order valence-electron chi connectivity index (χ0n) is 15.7. The molecule has 4 rings (SSSR count). The SMILES string of the molecule is N=C1c2ccoc2NCN1c1ccc(NC(=O)Nc2cc(F)cc(C(F)(F)F)c2)cc1. The molecule has 2 heterocycles. The van der Waals surface area contributed by atoms with Gasteiger partial charge in [0, 0.05) is 17.1 Å². The molecule has 2 amide bonds. The molecule has 0 unspecified atom stereocenters. The summed E-state index contributed by atoms with van der Waals surface area (Å²) < 4.78 is 57.1. The van der Waals surface area contributed by atoms with E-state index >= 15 is 0 Å². The van der Waals surface area contributed by atoms with Gasteiger partial charge in [-0.1, -0.05) is 0 Å². The van der Waals surface area contributed by atoms with Crippen LogP contribution in [0.3, 0.4) is 0 Å². The molecule has 1 aliphatic rings. The van der Waals surface area contributed by atoms with Gasteiger partial charge in [-0.25, -0.2) is 9.18 Å². The Kier molecular flexibility index (Phi) is 5.01. The van der Waals surface area contributed by atoms with E-state index in [4.69, 9.17) is 9.83 Å². The van der Waals surface area contributed by atoms with Gasteiger partial charge in [-0.15, -0.1) is 0 Å². The summed E-state index contributed by atoms with van der Waals surface area (Å²) in [5, 5.41) is 16.0. The first-order valence-corrected chi connectivity index (χ1v) is 8.94. The highest BCUT2D eigenvalue weighted by Gasteiger charge is 2.31. The van der Waals surface area contributed by atoms with Crippen LogP contribution in [0.15, 0.2) is 59.2 Å². The van der Waals surface area contributed by atoms with Gasteiger partial charge in [0.25, 0.3) is 0 Å². The van der Waals surface area contributed by atoms with E-state index in [-0.39, 0.29) is 11.5 Å². The van der Waals surface area contributed by atoms with Crippen LogP contribution < -0.4 is 20.9 Å². The number of rotatable bonds is 3. The number of hydrogen-bond acceptors (Lipinski definition) is 4. The minimum Gasteiger partial charge on any atom is -0.448 e. The number of carbonyl (C=O) groups excluding carboxylic acids is 1. The first-order valence-electron chi connectivity index (χ1n) is 8.94. The highest BCUT2D eigenvalue weighted by Crippen LogP contribution is 2.32. The van der Waals surface area contributed by atoms with Crippen LogP contribution in [0.4, 0.5) is 45.3 Å². The fourth-order valence-electron chi connectivity index (χ4n) is 3.07. The number of anilines is 4. The Bertz CT molecular complexity index is 1140. The first-order chi connectivity index (χ1) is 14.7. The monoisotopic (exact) mass is 433 g/mol. The molecular formula is C20H15F4N5O2. The number of urea groups is 1. The maximum atomic E-state index is 13.5. The number of amidine groups is 1. The van der Waals surface area contributed by atoms with Crippen molar-refractivity contribution in [1.82, 2.24) is 0 Å². The van der Waals surface area contributed by atoms with Crippen molar-refractivity contribution >= 4 is 34.8 Å². The number of nitrogens with zero attached hydrogens (tertiary/aromatic N) is 1. The minimum absolute atomic E-state index is 0.243. The third kappa shape index (κ3) is 4.29. The summed E-state index contributed by atoms with van der Waals surface area (Å²) in [6.45, 7) is 0.313. The Morgan fingerprint density at radius 2 is 1.77 bits per heavy atom. The highest BCUT2D eigenvalue weighted by molar-refractivity contribution is 6.12. The number of halogens is 4. The molecule has 1 aromatic heterocycles. The molecular weight excluding hydrogens is 418 g/mol. The predicted octanol–water partition coefficient (Wildman–Crippen LogP) is 5.30. The van der Waals surface area contributed by atoms with Crippen LogP contribution >= 0.6 is 0 Å². The lowest BCUT2D eigenvalue weighted by atomic mass is 10.2. The second kappa shape index (κ2) is 7.67. The molecule has 0 saturated carbocycles. The number of benzene rings is 2. The second-order valence-electron chi connectivity index (χ2n) is 6.63. The van der Waals surface area contributed by atoms with Crippen LogP contribution in [0, 0.1) is 11.2 Å². The Morgan fingerprint density at radius 3 is 2.48 bits per heavy atom. The van der Waals surface area contributed by atoms with E-state index in [1.807, 2.05) is 0 Å². The van der Waals surface area contributed by atoms with Gasteiger partial charge in [0.05, 0.1) is 24.1 Å². The third-order valence-corrected chi connectivity index (χ3v) is 4.51. The Labute approximate surface area is 173 Å². The summed E-state index contributed by atoms with van der Waals surface area (Å²) in [5.41, 5.74) is 0.112. The van der Waals surface area contributed by atoms with E-state index in [0.29, 0.717) is 41.6 Å².